The van der Waals surface area contributed by atoms with Crippen molar-refractivity contribution in [3.05, 3.63) is 54.8 Å². The number of nitrogens with one attached hydrogen (secondary N) is 1. The molecule has 0 aliphatic carbocycles. The van der Waals surface area contributed by atoms with Gasteiger partial charge in [-0.25, -0.2) is 24.3 Å². The summed E-state index contributed by atoms with van der Waals surface area (Å²) < 4.78 is 19.4. The Morgan fingerprint density at radius 1 is 1.13 bits per heavy atom. The zero-order valence-electron chi connectivity index (χ0n) is 11.7. The summed E-state index contributed by atoms with van der Waals surface area (Å²) in [5, 5.41) is 0.762. The summed E-state index contributed by atoms with van der Waals surface area (Å²) >= 11 is 1.45. The maximum absolute atomic E-state index is 13.8. The molecule has 0 fully saturated rings. The number of fused-ring (bicyclic) bond motifs is 1. The number of H-pyrrole nitrogens is 1. The first-order valence-electron chi connectivity index (χ1n) is 6.78. The van der Waals surface area contributed by atoms with E-state index in [0.29, 0.717) is 28.6 Å². The number of imidazole rings is 1. The SMILES string of the molecule is Fc1ccccc1-c1cnc(CSc2ncnc3nc[nH]c23)o1. The number of aromatic amines is 1. The molecule has 23 heavy (non-hydrogen) atoms. The molecule has 1 N–H and O–H groups in total. The summed E-state index contributed by atoms with van der Waals surface area (Å²) in [5.74, 6) is 1.05. The van der Waals surface area contributed by atoms with Crippen molar-refractivity contribution < 1.29 is 8.81 Å². The summed E-state index contributed by atoms with van der Waals surface area (Å²) in [4.78, 5) is 19.6. The van der Waals surface area contributed by atoms with Crippen LogP contribution in [-0.4, -0.2) is 24.9 Å². The molecule has 0 aliphatic heterocycles. The van der Waals surface area contributed by atoms with Crippen molar-refractivity contribution >= 4 is 22.9 Å². The first kappa shape index (κ1) is 13.9. The van der Waals surface area contributed by atoms with E-state index in [1.807, 2.05) is 0 Å². The molecule has 4 aromatic rings. The highest BCUT2D eigenvalue weighted by Crippen LogP contribution is 2.28. The number of benzene rings is 1. The van der Waals surface area contributed by atoms with Crippen molar-refractivity contribution in [2.24, 2.45) is 0 Å². The number of aromatic nitrogens is 5. The molecule has 6 nitrogen and oxygen atoms in total. The average Bonchev–Trinajstić information content (AvgIpc) is 3.22. The summed E-state index contributed by atoms with van der Waals surface area (Å²) in [6.45, 7) is 0. The molecule has 0 radical (unpaired) electrons. The number of rotatable bonds is 4. The molecule has 3 heterocycles. The second-order valence-electron chi connectivity index (χ2n) is 4.67. The van der Waals surface area contributed by atoms with Gasteiger partial charge in [-0.1, -0.05) is 23.9 Å². The maximum atomic E-state index is 13.8. The summed E-state index contributed by atoms with van der Waals surface area (Å²) in [6.07, 6.45) is 4.57. The van der Waals surface area contributed by atoms with Crippen LogP contribution in [0.15, 0.2) is 52.6 Å². The van der Waals surface area contributed by atoms with E-state index in [0.717, 1.165) is 10.5 Å². The molecule has 114 valence electrons. The third kappa shape index (κ3) is 2.68. The van der Waals surface area contributed by atoms with Crippen molar-refractivity contribution in [1.29, 1.82) is 0 Å². The molecule has 1 aromatic carbocycles. The van der Waals surface area contributed by atoms with Gasteiger partial charge in [-0.15, -0.1) is 0 Å². The monoisotopic (exact) mass is 327 g/mol. The van der Waals surface area contributed by atoms with Crippen molar-refractivity contribution in [2.75, 3.05) is 0 Å². The fourth-order valence-electron chi connectivity index (χ4n) is 2.14. The van der Waals surface area contributed by atoms with Gasteiger partial charge in [0.15, 0.2) is 11.4 Å². The topological polar surface area (TPSA) is 80.5 Å². The van der Waals surface area contributed by atoms with Gasteiger partial charge in [0.25, 0.3) is 0 Å². The number of thioether (sulfide) groups is 1. The summed E-state index contributed by atoms with van der Waals surface area (Å²) in [5.41, 5.74) is 1.79. The van der Waals surface area contributed by atoms with Gasteiger partial charge < -0.3 is 9.40 Å². The van der Waals surface area contributed by atoms with Crippen LogP contribution in [0, 0.1) is 5.82 Å². The Kier molecular flexibility index (Phi) is 3.51. The van der Waals surface area contributed by atoms with Gasteiger partial charge >= 0.3 is 0 Å². The number of hydrogen-bond donors (Lipinski definition) is 1. The van der Waals surface area contributed by atoms with Gasteiger partial charge in [0.1, 0.15) is 22.7 Å². The molecular weight excluding hydrogens is 317 g/mol. The van der Waals surface area contributed by atoms with Crippen LogP contribution in [0.25, 0.3) is 22.5 Å². The van der Waals surface area contributed by atoms with Crippen molar-refractivity contribution in [1.82, 2.24) is 24.9 Å². The van der Waals surface area contributed by atoms with Crippen LogP contribution in [-0.2, 0) is 5.75 Å². The predicted molar refractivity (Wildman–Crippen MR) is 83.1 cm³/mol. The van der Waals surface area contributed by atoms with Gasteiger partial charge in [0, 0.05) is 0 Å². The lowest BCUT2D eigenvalue weighted by atomic mass is 10.2. The Labute approximate surface area is 134 Å². The van der Waals surface area contributed by atoms with E-state index in [1.54, 1.807) is 24.5 Å². The molecule has 3 aromatic heterocycles. The average molecular weight is 327 g/mol. The van der Waals surface area contributed by atoms with Crippen molar-refractivity contribution in [3.8, 4) is 11.3 Å². The lowest BCUT2D eigenvalue weighted by Gasteiger charge is -1.99. The largest absolute Gasteiger partial charge is 0.440 e. The molecule has 0 aliphatic rings. The first-order chi connectivity index (χ1) is 11.3. The Morgan fingerprint density at radius 3 is 2.96 bits per heavy atom. The molecule has 4 rings (SSSR count). The van der Waals surface area contributed by atoms with Crippen LogP contribution in [0.2, 0.25) is 0 Å². The highest BCUT2D eigenvalue weighted by atomic mass is 32.2. The van der Waals surface area contributed by atoms with Crippen LogP contribution in [0.1, 0.15) is 5.89 Å². The lowest BCUT2D eigenvalue weighted by Crippen LogP contribution is -1.87. The molecule has 0 saturated heterocycles. The molecule has 0 atom stereocenters. The van der Waals surface area contributed by atoms with Crippen molar-refractivity contribution in [2.45, 2.75) is 10.8 Å². The lowest BCUT2D eigenvalue weighted by molar-refractivity contribution is 0.524. The van der Waals surface area contributed by atoms with E-state index in [1.165, 1.54) is 30.4 Å². The molecule has 8 heteroatoms. The quantitative estimate of drug-likeness (QED) is 0.457. The Morgan fingerprint density at radius 2 is 2.04 bits per heavy atom. The van der Waals surface area contributed by atoms with Crippen LogP contribution in [0.5, 0.6) is 0 Å². The van der Waals surface area contributed by atoms with Crippen LogP contribution in [0.3, 0.4) is 0 Å². The fraction of sp³-hybridized carbons (Fsp3) is 0.0667. The van der Waals surface area contributed by atoms with Crippen molar-refractivity contribution in [3.63, 3.8) is 0 Å². The van der Waals surface area contributed by atoms with Gasteiger partial charge in [-0.2, -0.15) is 0 Å². The normalized spacial score (nSPS) is 11.2. The van der Waals surface area contributed by atoms with E-state index in [4.69, 9.17) is 4.42 Å². The van der Waals surface area contributed by atoms with E-state index in [2.05, 4.69) is 24.9 Å². The van der Waals surface area contributed by atoms with E-state index >= 15 is 0 Å². The second kappa shape index (κ2) is 5.81. The molecule has 0 unspecified atom stereocenters. The van der Waals surface area contributed by atoms with Gasteiger partial charge in [-0.05, 0) is 12.1 Å². The molecule has 0 spiro atoms. The van der Waals surface area contributed by atoms with E-state index in [9.17, 15) is 4.39 Å². The predicted octanol–water partition coefficient (Wildman–Crippen LogP) is 3.44. The van der Waals surface area contributed by atoms with Gasteiger partial charge in [0.2, 0.25) is 5.89 Å². The Hall–Kier alpha value is -2.74. The van der Waals surface area contributed by atoms with Crippen LogP contribution in [0.4, 0.5) is 4.39 Å². The number of oxazole rings is 1. The molecule has 0 saturated carbocycles. The number of nitrogens with zero attached hydrogens (tertiary/aromatic N) is 4. The second-order valence-corrected chi connectivity index (χ2v) is 5.63. The third-order valence-corrected chi connectivity index (χ3v) is 4.19. The maximum Gasteiger partial charge on any atom is 0.205 e. The summed E-state index contributed by atoms with van der Waals surface area (Å²) in [6, 6.07) is 6.44. The summed E-state index contributed by atoms with van der Waals surface area (Å²) in [7, 11) is 0. The minimum Gasteiger partial charge on any atom is -0.440 e. The highest BCUT2D eigenvalue weighted by Gasteiger charge is 2.12. The highest BCUT2D eigenvalue weighted by molar-refractivity contribution is 7.98. The van der Waals surface area contributed by atoms with Gasteiger partial charge in [0.05, 0.1) is 23.8 Å². The number of hydrogen-bond acceptors (Lipinski definition) is 6. The third-order valence-electron chi connectivity index (χ3n) is 3.21. The Balaban J connectivity index is 1.54. The van der Waals surface area contributed by atoms with Crippen LogP contribution < -0.4 is 0 Å². The standard InChI is InChI=1S/C15H10FN5OS/c16-10-4-2-1-3-9(10)11-5-17-12(22-11)6-23-15-13-14(19-7-18-13)20-8-21-15/h1-5,7-8H,6H2,(H,18,19,20,21). The smallest absolute Gasteiger partial charge is 0.205 e. The number of halogens is 1. The zero-order valence-corrected chi connectivity index (χ0v) is 12.5. The molecule has 0 amide bonds. The fourth-order valence-corrected chi connectivity index (χ4v) is 2.95. The molecular formula is C15H10FN5OS. The van der Waals surface area contributed by atoms with Crippen LogP contribution >= 0.6 is 11.8 Å². The Bertz CT molecular complexity index is 967. The van der Waals surface area contributed by atoms with E-state index < -0.39 is 0 Å². The van der Waals surface area contributed by atoms with E-state index in [-0.39, 0.29) is 5.82 Å². The first-order valence-corrected chi connectivity index (χ1v) is 7.76. The van der Waals surface area contributed by atoms with Gasteiger partial charge in [-0.3, -0.25) is 0 Å². The minimum absolute atomic E-state index is 0.335. The minimum atomic E-state index is -0.335. The molecule has 0 bridgehead atoms. The zero-order chi connectivity index (χ0) is 15.6.